The summed E-state index contributed by atoms with van der Waals surface area (Å²) >= 11 is 0. The van der Waals surface area contributed by atoms with Crippen LogP contribution in [0.5, 0.6) is 17.2 Å². The number of nitrogens with two attached hydrogens (primary N) is 2. The highest BCUT2D eigenvalue weighted by Gasteiger charge is 2.49. The van der Waals surface area contributed by atoms with Gasteiger partial charge in [0, 0.05) is 36.0 Å². The van der Waals surface area contributed by atoms with Crippen molar-refractivity contribution >= 4 is 29.2 Å². The Morgan fingerprint density at radius 2 is 1.80 bits per heavy atom. The topological polar surface area (TPSA) is 258 Å². The van der Waals surface area contributed by atoms with Gasteiger partial charge in [-0.15, -0.1) is 0 Å². The summed E-state index contributed by atoms with van der Waals surface area (Å²) in [5.74, 6) is -5.16. The van der Waals surface area contributed by atoms with Crippen molar-refractivity contribution in [2.45, 2.75) is 81.8 Å². The summed E-state index contributed by atoms with van der Waals surface area (Å²) in [5.41, 5.74) is 7.25. The number of hydrogen-bond donors (Lipinski definition) is 7. The Hall–Kier alpha value is -4.41. The van der Waals surface area contributed by atoms with E-state index < -0.39 is 113 Å². The van der Waals surface area contributed by atoms with Crippen molar-refractivity contribution in [3.8, 4) is 17.2 Å². The van der Waals surface area contributed by atoms with Gasteiger partial charge in [-0.05, 0) is 19.9 Å². The summed E-state index contributed by atoms with van der Waals surface area (Å²) in [4.78, 5) is 63.9. The summed E-state index contributed by atoms with van der Waals surface area (Å²) in [6, 6.07) is 2.05. The van der Waals surface area contributed by atoms with Crippen LogP contribution in [-0.2, 0) is 30.3 Å². The Kier molecular flexibility index (Phi) is 8.65. The van der Waals surface area contributed by atoms with Crippen LogP contribution in [-0.4, -0.2) is 92.9 Å². The minimum absolute atomic E-state index is 0.0660. The fourth-order valence-electron chi connectivity index (χ4n) is 6.37. The number of carbonyl (C=O) groups is 5. The van der Waals surface area contributed by atoms with E-state index in [9.17, 15) is 44.4 Å². The summed E-state index contributed by atoms with van der Waals surface area (Å²) in [6.45, 7) is 2.63. The maximum atomic E-state index is 13.8. The molecule has 2 aromatic carbocycles. The number of carbonyl (C=O) groups excluding carboxylic acids is 5. The van der Waals surface area contributed by atoms with Gasteiger partial charge in [-0.2, -0.15) is 0 Å². The third kappa shape index (κ3) is 5.49. The Bertz CT molecular complexity index is 1660. The number of aliphatic hydroxyl groups is 2. The van der Waals surface area contributed by atoms with Crippen LogP contribution >= 0.6 is 0 Å². The number of nitrogens with one attached hydrogen (secondary N) is 1. The smallest absolute Gasteiger partial charge is 0.237 e. The highest BCUT2D eigenvalue weighted by Crippen LogP contribution is 2.52. The zero-order valence-corrected chi connectivity index (χ0v) is 25.2. The monoisotopic (exact) mass is 641 g/mol. The summed E-state index contributed by atoms with van der Waals surface area (Å²) in [7, 11) is 1.31. The van der Waals surface area contributed by atoms with Crippen LogP contribution in [0.2, 0.25) is 0 Å². The molecule has 1 heterocycles. The molecule has 5 rings (SSSR count). The molecule has 3 aliphatic rings. The highest BCUT2D eigenvalue weighted by molar-refractivity contribution is 6.31. The Balaban J connectivity index is 1.55. The van der Waals surface area contributed by atoms with E-state index in [1.807, 2.05) is 0 Å². The van der Waals surface area contributed by atoms with Crippen LogP contribution in [0.3, 0.4) is 0 Å². The van der Waals surface area contributed by atoms with E-state index in [1.165, 1.54) is 32.2 Å². The van der Waals surface area contributed by atoms with Crippen LogP contribution in [0.15, 0.2) is 18.2 Å². The van der Waals surface area contributed by atoms with Gasteiger partial charge in [0.15, 0.2) is 17.9 Å². The molecule has 2 aliphatic carbocycles. The van der Waals surface area contributed by atoms with Gasteiger partial charge in [-0.25, -0.2) is 0 Å². The van der Waals surface area contributed by atoms with Crippen molar-refractivity contribution in [3.05, 3.63) is 51.6 Å². The Morgan fingerprint density at radius 1 is 1.13 bits per heavy atom. The molecule has 15 nitrogen and oxygen atoms in total. The number of ketones is 3. The van der Waals surface area contributed by atoms with Crippen molar-refractivity contribution in [3.63, 3.8) is 0 Å². The number of ether oxygens (including phenoxy) is 3. The minimum Gasteiger partial charge on any atom is -0.507 e. The lowest BCUT2D eigenvalue weighted by Crippen LogP contribution is -2.58. The molecule has 2 amide bonds. The van der Waals surface area contributed by atoms with Crippen LogP contribution < -0.4 is 21.5 Å². The van der Waals surface area contributed by atoms with Crippen molar-refractivity contribution in [1.29, 1.82) is 0 Å². The molecule has 246 valence electrons. The molecule has 4 unspecified atom stereocenters. The number of rotatable bonds is 8. The predicted molar refractivity (Wildman–Crippen MR) is 156 cm³/mol. The van der Waals surface area contributed by atoms with Crippen LogP contribution in [0.1, 0.15) is 82.2 Å². The van der Waals surface area contributed by atoms with Crippen LogP contribution in [0.4, 0.5) is 0 Å². The van der Waals surface area contributed by atoms with Crippen LogP contribution in [0, 0.1) is 0 Å². The molecule has 0 aromatic heterocycles. The van der Waals surface area contributed by atoms with Gasteiger partial charge in [0.1, 0.15) is 29.0 Å². The normalized spacial score (nSPS) is 27.6. The van der Waals surface area contributed by atoms with E-state index in [-0.39, 0.29) is 34.4 Å². The van der Waals surface area contributed by atoms with Gasteiger partial charge in [0.25, 0.3) is 0 Å². The zero-order chi connectivity index (χ0) is 33.8. The fraction of sp³-hybridized carbons (Fsp3) is 0.452. The quantitative estimate of drug-likeness (QED) is 0.152. The first-order valence-corrected chi connectivity index (χ1v) is 14.5. The van der Waals surface area contributed by atoms with Crippen molar-refractivity contribution < 1.29 is 58.6 Å². The second-order valence-corrected chi connectivity index (χ2v) is 11.9. The van der Waals surface area contributed by atoms with E-state index in [1.54, 1.807) is 0 Å². The van der Waals surface area contributed by atoms with Crippen LogP contribution in [0.25, 0.3) is 0 Å². The summed E-state index contributed by atoms with van der Waals surface area (Å²) < 4.78 is 17.3. The molecule has 0 spiro atoms. The molecule has 7 atom stereocenters. The van der Waals surface area contributed by atoms with E-state index in [0.717, 1.165) is 6.92 Å². The molecular formula is C31H35N3O12. The predicted octanol–water partition coefficient (Wildman–Crippen LogP) is -0.611. The van der Waals surface area contributed by atoms with E-state index >= 15 is 0 Å². The number of amides is 2. The Morgan fingerprint density at radius 3 is 2.43 bits per heavy atom. The number of aromatic hydroxyl groups is 2. The van der Waals surface area contributed by atoms with Crippen molar-refractivity contribution in [2.75, 3.05) is 7.11 Å². The number of methoxy groups -OCH3 is 1. The third-order valence-corrected chi connectivity index (χ3v) is 8.84. The number of hydrogen-bond acceptors (Lipinski definition) is 13. The molecule has 9 N–H and O–H groups in total. The first-order valence-electron chi connectivity index (χ1n) is 14.5. The van der Waals surface area contributed by atoms with Crippen molar-refractivity contribution in [2.24, 2.45) is 11.5 Å². The van der Waals surface area contributed by atoms with E-state index in [4.69, 9.17) is 25.7 Å². The van der Waals surface area contributed by atoms with Gasteiger partial charge in [-0.1, -0.05) is 12.1 Å². The number of Topliss-reactive ketones (excluding diaryl/α,β-unsaturated/α-hetero) is 1. The Labute approximate surface area is 262 Å². The zero-order valence-electron chi connectivity index (χ0n) is 25.2. The molecule has 1 aliphatic heterocycles. The average molecular weight is 642 g/mol. The van der Waals surface area contributed by atoms with Gasteiger partial charge < -0.3 is 51.4 Å². The van der Waals surface area contributed by atoms with Gasteiger partial charge in [0.05, 0.1) is 54.5 Å². The fourth-order valence-corrected chi connectivity index (χ4v) is 6.37. The third-order valence-electron chi connectivity index (χ3n) is 8.84. The molecule has 1 fully saturated rings. The van der Waals surface area contributed by atoms with E-state index in [0.29, 0.717) is 0 Å². The maximum Gasteiger partial charge on any atom is 0.237 e. The molecular weight excluding hydrogens is 606 g/mol. The lowest BCUT2D eigenvalue weighted by atomic mass is 9.72. The standard InChI is InChI=1S/C31H35N3O12/c1-11-25(37)16(34-30(42)15(32)7-19(33)36)8-20(45-11)46-18-10-31(43,12(2)35)9-14-22(18)29(41)24-23(27(14)39)26(38)13-5-4-6-17(44-3)21(13)28(24)40/h4-6,11,15-16,18,20,25,37,39,41,43H,7-10,32H2,1-3H3,(H2,33,36)(H,34,42)/t11?,15-,16?,18-,20?,25?,31-/m0/s1. The maximum absolute atomic E-state index is 13.8. The largest absolute Gasteiger partial charge is 0.507 e. The molecule has 0 bridgehead atoms. The second kappa shape index (κ2) is 12.1. The van der Waals surface area contributed by atoms with Gasteiger partial charge in [-0.3, -0.25) is 24.0 Å². The molecule has 46 heavy (non-hydrogen) atoms. The second-order valence-electron chi connectivity index (χ2n) is 11.9. The molecule has 0 saturated carbocycles. The first kappa shape index (κ1) is 33.0. The number of aliphatic hydroxyl groups excluding tert-OH is 1. The van der Waals surface area contributed by atoms with Crippen molar-refractivity contribution in [1.82, 2.24) is 5.32 Å². The summed E-state index contributed by atoms with van der Waals surface area (Å²) in [6.07, 6.45) is -6.37. The van der Waals surface area contributed by atoms with Gasteiger partial charge in [0.2, 0.25) is 17.6 Å². The number of phenols is 2. The lowest BCUT2D eigenvalue weighted by molar-refractivity contribution is -0.249. The number of benzene rings is 2. The molecule has 1 saturated heterocycles. The highest BCUT2D eigenvalue weighted by atomic mass is 16.7. The molecule has 0 radical (unpaired) electrons. The molecule has 2 aromatic rings. The lowest BCUT2D eigenvalue weighted by Gasteiger charge is -2.43. The minimum atomic E-state index is -2.12. The van der Waals surface area contributed by atoms with Gasteiger partial charge >= 0.3 is 0 Å². The van der Waals surface area contributed by atoms with E-state index in [2.05, 4.69) is 5.32 Å². The number of phenolic OH excluding ortho intramolecular Hbond substituents is 2. The first-order chi connectivity index (χ1) is 21.6. The average Bonchev–Trinajstić information content (AvgIpc) is 2.99. The SMILES string of the molecule is COc1cccc2c1C(=O)c1c(O)c3c(c(O)c1C2=O)C[C@@](O)(C(C)=O)C[C@@H]3OC1CC(NC(=O)[C@@H](N)CC(N)=O)C(O)C(C)O1. The number of primary amides is 1. The summed E-state index contributed by atoms with van der Waals surface area (Å²) in [5, 5.41) is 47.7. The number of fused-ring (bicyclic) bond motifs is 3. The molecule has 15 heteroatoms.